The van der Waals surface area contributed by atoms with Crippen LogP contribution in [0.1, 0.15) is 45.5 Å². The number of amides is 1. The Kier molecular flexibility index (Phi) is 5.09. The van der Waals surface area contributed by atoms with E-state index in [4.69, 9.17) is 9.15 Å². The first kappa shape index (κ1) is 17.3. The second-order valence-electron chi connectivity index (χ2n) is 7.16. The molecule has 0 radical (unpaired) electrons. The first-order chi connectivity index (χ1) is 12.7. The summed E-state index contributed by atoms with van der Waals surface area (Å²) < 4.78 is 11.3. The highest BCUT2D eigenvalue weighted by Gasteiger charge is 2.26. The molecule has 2 aliphatic rings. The first-order valence-corrected chi connectivity index (χ1v) is 9.49. The number of fused-ring (bicyclic) bond motifs is 1. The second-order valence-corrected chi connectivity index (χ2v) is 7.16. The summed E-state index contributed by atoms with van der Waals surface area (Å²) >= 11 is 0. The van der Waals surface area contributed by atoms with Crippen LogP contribution in [-0.4, -0.2) is 43.7 Å². The van der Waals surface area contributed by atoms with Gasteiger partial charge in [-0.1, -0.05) is 6.07 Å². The van der Waals surface area contributed by atoms with Gasteiger partial charge in [0.1, 0.15) is 11.5 Å². The molecule has 5 heteroatoms. The first-order valence-electron chi connectivity index (χ1n) is 9.49. The van der Waals surface area contributed by atoms with Gasteiger partial charge in [0, 0.05) is 25.2 Å². The van der Waals surface area contributed by atoms with Crippen molar-refractivity contribution in [1.29, 1.82) is 0 Å². The van der Waals surface area contributed by atoms with Crippen molar-refractivity contribution in [2.24, 2.45) is 0 Å². The van der Waals surface area contributed by atoms with Crippen LogP contribution in [0, 0.1) is 6.92 Å². The number of rotatable bonds is 5. The number of ether oxygens (including phenoxy) is 1. The van der Waals surface area contributed by atoms with E-state index in [-0.39, 0.29) is 11.9 Å². The van der Waals surface area contributed by atoms with E-state index in [1.807, 2.05) is 25.1 Å². The Hall–Kier alpha value is -2.11. The number of benzene rings is 1. The molecule has 26 heavy (non-hydrogen) atoms. The fraction of sp³-hybridized carbons (Fsp3) is 0.476. The SMILES string of the molecule is Cc1ccc([C@@H](CNC(=O)c2ccc3c(c2)CCC3)N2CCOCC2)o1. The van der Waals surface area contributed by atoms with Crippen LogP contribution in [0.25, 0.3) is 0 Å². The number of morpholine rings is 1. The van der Waals surface area contributed by atoms with Gasteiger partial charge in [0.15, 0.2) is 0 Å². The summed E-state index contributed by atoms with van der Waals surface area (Å²) in [5.41, 5.74) is 3.46. The van der Waals surface area contributed by atoms with Crippen molar-refractivity contribution in [3.05, 3.63) is 58.5 Å². The lowest BCUT2D eigenvalue weighted by Gasteiger charge is -2.33. The molecule has 1 fully saturated rings. The molecule has 2 aromatic rings. The van der Waals surface area contributed by atoms with Crippen LogP contribution in [0.3, 0.4) is 0 Å². The standard InChI is InChI=1S/C21H26N2O3/c1-15-5-8-20(26-15)19(23-9-11-25-12-10-23)14-22-21(24)18-7-6-16-3-2-4-17(16)13-18/h5-8,13,19H,2-4,9-12,14H2,1H3,(H,22,24)/t19-/m1/s1. The van der Waals surface area contributed by atoms with E-state index in [0.29, 0.717) is 6.54 Å². The summed E-state index contributed by atoms with van der Waals surface area (Å²) in [5, 5.41) is 3.11. The predicted octanol–water partition coefficient (Wildman–Crippen LogP) is 2.88. The Morgan fingerprint density at radius 2 is 1.96 bits per heavy atom. The van der Waals surface area contributed by atoms with Crippen LogP contribution >= 0.6 is 0 Å². The highest BCUT2D eigenvalue weighted by Crippen LogP contribution is 2.25. The molecule has 138 valence electrons. The summed E-state index contributed by atoms with van der Waals surface area (Å²) in [6.45, 7) is 5.61. The molecule has 1 aromatic heterocycles. The van der Waals surface area contributed by atoms with E-state index in [0.717, 1.165) is 56.2 Å². The molecule has 1 N–H and O–H groups in total. The number of hydrogen-bond acceptors (Lipinski definition) is 4. The topological polar surface area (TPSA) is 54.7 Å². The van der Waals surface area contributed by atoms with Crippen LogP contribution in [0.2, 0.25) is 0 Å². The molecular weight excluding hydrogens is 328 g/mol. The van der Waals surface area contributed by atoms with E-state index in [1.165, 1.54) is 17.5 Å². The van der Waals surface area contributed by atoms with E-state index >= 15 is 0 Å². The van der Waals surface area contributed by atoms with Crippen molar-refractivity contribution in [3.8, 4) is 0 Å². The maximum absolute atomic E-state index is 12.7. The lowest BCUT2D eigenvalue weighted by atomic mass is 10.1. The third-order valence-electron chi connectivity index (χ3n) is 5.39. The third-order valence-corrected chi connectivity index (χ3v) is 5.39. The Bertz CT molecular complexity index is 777. The fourth-order valence-electron chi connectivity index (χ4n) is 3.94. The minimum Gasteiger partial charge on any atom is -0.465 e. The smallest absolute Gasteiger partial charge is 0.251 e. The third kappa shape index (κ3) is 3.69. The van der Waals surface area contributed by atoms with E-state index in [9.17, 15) is 4.79 Å². The van der Waals surface area contributed by atoms with Gasteiger partial charge in [0.25, 0.3) is 5.91 Å². The summed E-state index contributed by atoms with van der Waals surface area (Å²) in [4.78, 5) is 15.0. The molecule has 0 bridgehead atoms. The van der Waals surface area contributed by atoms with Crippen LogP contribution in [0.15, 0.2) is 34.7 Å². The van der Waals surface area contributed by atoms with Gasteiger partial charge < -0.3 is 14.5 Å². The summed E-state index contributed by atoms with van der Waals surface area (Å²) in [7, 11) is 0. The van der Waals surface area contributed by atoms with Crippen LogP contribution in [0.4, 0.5) is 0 Å². The number of hydrogen-bond donors (Lipinski definition) is 1. The highest BCUT2D eigenvalue weighted by atomic mass is 16.5. The maximum Gasteiger partial charge on any atom is 0.251 e. The van der Waals surface area contributed by atoms with Crippen molar-refractivity contribution in [2.75, 3.05) is 32.8 Å². The molecule has 1 amide bonds. The van der Waals surface area contributed by atoms with Gasteiger partial charge in [-0.25, -0.2) is 0 Å². The minimum atomic E-state index is -0.0127. The number of carbonyl (C=O) groups is 1. The zero-order valence-corrected chi connectivity index (χ0v) is 15.3. The number of nitrogens with one attached hydrogen (secondary N) is 1. The van der Waals surface area contributed by atoms with Gasteiger partial charge in [0.05, 0.1) is 19.3 Å². The monoisotopic (exact) mass is 354 g/mol. The molecular formula is C21H26N2O3. The van der Waals surface area contributed by atoms with Gasteiger partial charge in [-0.3, -0.25) is 9.69 Å². The quantitative estimate of drug-likeness (QED) is 0.897. The zero-order valence-electron chi connectivity index (χ0n) is 15.3. The van der Waals surface area contributed by atoms with Crippen molar-refractivity contribution in [3.63, 3.8) is 0 Å². The summed E-state index contributed by atoms with van der Waals surface area (Å²) in [6, 6.07) is 10.1. The lowest BCUT2D eigenvalue weighted by Crippen LogP contribution is -2.43. The summed E-state index contributed by atoms with van der Waals surface area (Å²) in [6.07, 6.45) is 3.41. The number of furan rings is 1. The zero-order chi connectivity index (χ0) is 17.9. The average molecular weight is 354 g/mol. The molecule has 1 saturated heterocycles. The highest BCUT2D eigenvalue weighted by molar-refractivity contribution is 5.94. The minimum absolute atomic E-state index is 0.0127. The average Bonchev–Trinajstić information content (AvgIpc) is 3.31. The van der Waals surface area contributed by atoms with Crippen LogP contribution in [-0.2, 0) is 17.6 Å². The maximum atomic E-state index is 12.7. The predicted molar refractivity (Wildman–Crippen MR) is 99.4 cm³/mol. The molecule has 1 aromatic carbocycles. The molecule has 1 aliphatic carbocycles. The largest absolute Gasteiger partial charge is 0.465 e. The molecule has 0 unspecified atom stereocenters. The number of aryl methyl sites for hydroxylation is 3. The van der Waals surface area contributed by atoms with E-state index in [2.05, 4.69) is 22.3 Å². The Morgan fingerprint density at radius 3 is 2.73 bits per heavy atom. The van der Waals surface area contributed by atoms with Crippen LogP contribution in [0.5, 0.6) is 0 Å². The molecule has 0 spiro atoms. The van der Waals surface area contributed by atoms with Gasteiger partial charge >= 0.3 is 0 Å². The molecule has 1 atom stereocenters. The molecule has 0 saturated carbocycles. The number of nitrogens with zero attached hydrogens (tertiary/aromatic N) is 1. The van der Waals surface area contributed by atoms with Gasteiger partial charge in [0.2, 0.25) is 0 Å². The lowest BCUT2D eigenvalue weighted by molar-refractivity contribution is 0.0117. The van der Waals surface area contributed by atoms with Crippen molar-refractivity contribution in [2.45, 2.75) is 32.2 Å². The van der Waals surface area contributed by atoms with Crippen molar-refractivity contribution in [1.82, 2.24) is 10.2 Å². The number of carbonyl (C=O) groups excluding carboxylic acids is 1. The Labute approximate surface area is 154 Å². The van der Waals surface area contributed by atoms with E-state index in [1.54, 1.807) is 0 Å². The van der Waals surface area contributed by atoms with E-state index < -0.39 is 0 Å². The molecule has 5 nitrogen and oxygen atoms in total. The summed E-state index contributed by atoms with van der Waals surface area (Å²) in [5.74, 6) is 1.78. The van der Waals surface area contributed by atoms with Gasteiger partial charge in [-0.2, -0.15) is 0 Å². The van der Waals surface area contributed by atoms with Gasteiger partial charge in [-0.15, -0.1) is 0 Å². The Morgan fingerprint density at radius 1 is 1.15 bits per heavy atom. The van der Waals surface area contributed by atoms with Crippen molar-refractivity contribution >= 4 is 5.91 Å². The van der Waals surface area contributed by atoms with Crippen LogP contribution < -0.4 is 5.32 Å². The Balaban J connectivity index is 1.46. The second kappa shape index (κ2) is 7.64. The molecule has 2 heterocycles. The fourth-order valence-corrected chi connectivity index (χ4v) is 3.94. The molecule has 1 aliphatic heterocycles. The van der Waals surface area contributed by atoms with Crippen molar-refractivity contribution < 1.29 is 13.9 Å². The molecule has 4 rings (SSSR count). The normalized spacial score (nSPS) is 18.5. The van der Waals surface area contributed by atoms with Gasteiger partial charge in [-0.05, 0) is 61.6 Å².